The Kier molecular flexibility index (Phi) is 6.40. The number of benzene rings is 2. The van der Waals surface area contributed by atoms with Gasteiger partial charge in [-0.05, 0) is 42.6 Å². The highest BCUT2D eigenvalue weighted by Crippen LogP contribution is 2.39. The summed E-state index contributed by atoms with van der Waals surface area (Å²) in [4.78, 5) is 2.41. The zero-order chi connectivity index (χ0) is 21.3. The van der Waals surface area contributed by atoms with Crippen molar-refractivity contribution >= 4 is 18.7 Å². The van der Waals surface area contributed by atoms with Crippen LogP contribution in [-0.2, 0) is 4.43 Å². The van der Waals surface area contributed by atoms with Gasteiger partial charge in [-0.15, -0.1) is 0 Å². The summed E-state index contributed by atoms with van der Waals surface area (Å²) in [5.74, 6) is 0. The summed E-state index contributed by atoms with van der Waals surface area (Å²) in [6.07, 6.45) is 0.982. The largest absolute Gasteiger partial charge is 0.403 e. The molecule has 29 heavy (non-hydrogen) atoms. The van der Waals surface area contributed by atoms with Gasteiger partial charge in [0.2, 0.25) is 0 Å². The van der Waals surface area contributed by atoms with Gasteiger partial charge in [0.05, 0.1) is 12.7 Å². The maximum atomic E-state index is 10.0. The smallest absolute Gasteiger partial charge is 0.261 e. The van der Waals surface area contributed by atoms with Gasteiger partial charge >= 0.3 is 0 Å². The third kappa shape index (κ3) is 4.36. The molecule has 2 aromatic carbocycles. The molecule has 3 rings (SSSR count). The predicted molar refractivity (Wildman–Crippen MR) is 124 cm³/mol. The molecule has 0 amide bonds. The minimum Gasteiger partial charge on any atom is -0.403 e. The van der Waals surface area contributed by atoms with Gasteiger partial charge in [0.25, 0.3) is 8.32 Å². The fourth-order valence-electron chi connectivity index (χ4n) is 4.90. The van der Waals surface area contributed by atoms with E-state index in [0.717, 1.165) is 13.0 Å². The Labute approximate surface area is 177 Å². The summed E-state index contributed by atoms with van der Waals surface area (Å²) >= 11 is 0. The number of rotatable bonds is 5. The molecule has 2 atom stereocenters. The van der Waals surface area contributed by atoms with Crippen molar-refractivity contribution in [1.82, 2.24) is 4.90 Å². The van der Waals surface area contributed by atoms with Gasteiger partial charge in [0, 0.05) is 18.1 Å². The number of hydrogen-bond acceptors (Lipinski definition) is 3. The van der Waals surface area contributed by atoms with E-state index in [1.807, 2.05) is 0 Å². The Morgan fingerprint density at radius 3 is 1.72 bits per heavy atom. The molecule has 2 aromatic rings. The summed E-state index contributed by atoms with van der Waals surface area (Å²) in [6.45, 7) is 14.7. The van der Waals surface area contributed by atoms with E-state index in [2.05, 4.69) is 107 Å². The molecule has 158 valence electrons. The van der Waals surface area contributed by atoms with Crippen LogP contribution < -0.4 is 10.4 Å². The number of aliphatic hydroxyl groups is 1. The highest BCUT2D eigenvalue weighted by molar-refractivity contribution is 6.99. The van der Waals surface area contributed by atoms with Gasteiger partial charge in [-0.1, -0.05) is 81.4 Å². The van der Waals surface area contributed by atoms with Gasteiger partial charge < -0.3 is 9.53 Å². The topological polar surface area (TPSA) is 32.7 Å². The first kappa shape index (κ1) is 22.2. The molecule has 1 aliphatic heterocycles. The van der Waals surface area contributed by atoms with Crippen LogP contribution in [0.4, 0.5) is 0 Å². The average Bonchev–Trinajstić information content (AvgIpc) is 3.10. The maximum Gasteiger partial charge on any atom is 0.261 e. The monoisotopic (exact) mass is 411 g/mol. The second kappa shape index (κ2) is 8.35. The van der Waals surface area contributed by atoms with Gasteiger partial charge in [0.1, 0.15) is 0 Å². The van der Waals surface area contributed by atoms with Crippen LogP contribution in [0, 0.1) is 0 Å². The molecule has 1 aliphatic rings. The zero-order valence-electron chi connectivity index (χ0n) is 18.9. The number of nitrogens with zero attached hydrogens (tertiary/aromatic N) is 1. The lowest BCUT2D eigenvalue weighted by atomic mass is 10.1. The molecule has 1 N–H and O–H groups in total. The van der Waals surface area contributed by atoms with Gasteiger partial charge in [-0.3, -0.25) is 4.90 Å². The minimum atomic E-state index is -2.55. The first-order valence-electron chi connectivity index (χ1n) is 10.8. The molecule has 0 aliphatic carbocycles. The van der Waals surface area contributed by atoms with Crippen LogP contribution in [0.3, 0.4) is 0 Å². The second-order valence-corrected chi connectivity index (χ2v) is 14.6. The third-order valence-corrected chi connectivity index (χ3v) is 11.3. The summed E-state index contributed by atoms with van der Waals surface area (Å²) in [5.41, 5.74) is 0.0109. The molecular formula is C25H37NO2Si. The van der Waals surface area contributed by atoms with Crippen molar-refractivity contribution in [3.63, 3.8) is 0 Å². The molecule has 0 bridgehead atoms. The lowest BCUT2D eigenvalue weighted by Gasteiger charge is -2.45. The minimum absolute atomic E-state index is 0.0109. The molecule has 1 saturated heterocycles. The van der Waals surface area contributed by atoms with Crippen LogP contribution in [0.25, 0.3) is 0 Å². The Morgan fingerprint density at radius 2 is 1.38 bits per heavy atom. The van der Waals surface area contributed by atoms with Crippen LogP contribution in [-0.4, -0.2) is 49.2 Å². The Bertz CT molecular complexity index is 740. The van der Waals surface area contributed by atoms with E-state index in [1.165, 1.54) is 10.4 Å². The normalized spacial score (nSPS) is 21.5. The van der Waals surface area contributed by atoms with Crippen LogP contribution in [0.2, 0.25) is 5.04 Å². The van der Waals surface area contributed by atoms with E-state index < -0.39 is 8.32 Å². The van der Waals surface area contributed by atoms with E-state index in [9.17, 15) is 5.11 Å². The molecule has 0 aromatic heterocycles. The van der Waals surface area contributed by atoms with Gasteiger partial charge in [-0.25, -0.2) is 0 Å². The maximum absolute atomic E-state index is 10.0. The van der Waals surface area contributed by atoms with Crippen molar-refractivity contribution in [2.45, 2.75) is 70.7 Å². The average molecular weight is 412 g/mol. The molecule has 0 spiro atoms. The lowest BCUT2D eigenvalue weighted by Crippen LogP contribution is -2.68. The van der Waals surface area contributed by atoms with Crippen molar-refractivity contribution in [2.75, 3.05) is 13.2 Å². The Balaban J connectivity index is 2.08. The zero-order valence-corrected chi connectivity index (χ0v) is 19.9. The first-order valence-corrected chi connectivity index (χ1v) is 12.7. The summed E-state index contributed by atoms with van der Waals surface area (Å²) in [6, 6.07) is 21.8. The van der Waals surface area contributed by atoms with E-state index in [-0.39, 0.29) is 29.3 Å². The third-order valence-electron chi connectivity index (χ3n) is 6.21. The molecule has 4 heteroatoms. The van der Waals surface area contributed by atoms with Crippen LogP contribution in [0.5, 0.6) is 0 Å². The summed E-state index contributed by atoms with van der Waals surface area (Å²) in [5, 5.41) is 12.6. The second-order valence-electron chi connectivity index (χ2n) is 10.3. The van der Waals surface area contributed by atoms with Crippen molar-refractivity contribution in [3.8, 4) is 0 Å². The quantitative estimate of drug-likeness (QED) is 0.760. The molecule has 0 saturated carbocycles. The molecule has 3 nitrogen and oxygen atoms in total. The molecule has 0 radical (unpaired) electrons. The molecular weight excluding hydrogens is 374 g/mol. The standard InChI is InChI=1S/C25H37NO2Si/c1-24(2,3)26-18-21(17-20(26)19-27)28-29(25(4,5)6,22-13-9-7-10-14-22)23-15-11-8-12-16-23/h7-16,20-21,27H,17-19H2,1-6H3/t20-,21-/m0/s1. The lowest BCUT2D eigenvalue weighted by molar-refractivity contribution is 0.0758. The highest BCUT2D eigenvalue weighted by atomic mass is 28.4. The molecule has 1 fully saturated rings. The van der Waals surface area contributed by atoms with Crippen molar-refractivity contribution in [1.29, 1.82) is 0 Å². The van der Waals surface area contributed by atoms with Gasteiger partial charge in [-0.2, -0.15) is 0 Å². The summed E-state index contributed by atoms with van der Waals surface area (Å²) < 4.78 is 7.28. The van der Waals surface area contributed by atoms with Crippen molar-refractivity contribution in [3.05, 3.63) is 60.7 Å². The Hall–Kier alpha value is -1.46. The molecule has 1 heterocycles. The van der Waals surface area contributed by atoms with Crippen LogP contribution in [0.1, 0.15) is 48.0 Å². The predicted octanol–water partition coefficient (Wildman–Crippen LogP) is 3.80. The van der Waals surface area contributed by atoms with Crippen LogP contribution in [0.15, 0.2) is 60.7 Å². The van der Waals surface area contributed by atoms with Crippen molar-refractivity contribution < 1.29 is 9.53 Å². The van der Waals surface area contributed by atoms with Crippen molar-refractivity contribution in [2.24, 2.45) is 0 Å². The van der Waals surface area contributed by atoms with E-state index in [0.29, 0.717) is 0 Å². The SMILES string of the molecule is CC(C)(C)N1C[C@@H](O[Si](c2ccccc2)(c2ccccc2)C(C)(C)C)C[C@H]1CO. The van der Waals surface area contributed by atoms with E-state index >= 15 is 0 Å². The fraction of sp³-hybridized carbons (Fsp3) is 0.520. The number of aliphatic hydroxyl groups excluding tert-OH is 1. The van der Waals surface area contributed by atoms with E-state index in [4.69, 9.17) is 4.43 Å². The highest BCUT2D eigenvalue weighted by Gasteiger charge is 2.53. The van der Waals surface area contributed by atoms with Crippen LogP contribution >= 0.6 is 0 Å². The first-order chi connectivity index (χ1) is 13.6. The summed E-state index contributed by atoms with van der Waals surface area (Å²) in [7, 11) is -2.55. The Morgan fingerprint density at radius 1 is 0.897 bits per heavy atom. The number of likely N-dealkylation sites (tertiary alicyclic amines) is 1. The van der Waals surface area contributed by atoms with Gasteiger partial charge in [0.15, 0.2) is 0 Å². The molecule has 0 unspecified atom stereocenters. The van der Waals surface area contributed by atoms with E-state index in [1.54, 1.807) is 0 Å². The number of hydrogen-bond donors (Lipinski definition) is 1. The fourth-order valence-corrected chi connectivity index (χ4v) is 9.58.